The summed E-state index contributed by atoms with van der Waals surface area (Å²) in [5.41, 5.74) is 1.14. The smallest absolute Gasteiger partial charge is 0.239 e. The van der Waals surface area contributed by atoms with Crippen molar-refractivity contribution in [2.75, 3.05) is 37.6 Å². The summed E-state index contributed by atoms with van der Waals surface area (Å²) >= 11 is 6.03. The fraction of sp³-hybridized carbons (Fsp3) is 0.533. The van der Waals surface area contributed by atoms with Gasteiger partial charge >= 0.3 is 0 Å². The average molecular weight is 330 g/mol. The number of rotatable bonds is 2. The highest BCUT2D eigenvalue weighted by Gasteiger charge is 2.29. The van der Waals surface area contributed by atoms with E-state index in [-0.39, 0.29) is 24.4 Å². The first-order valence-electron chi connectivity index (χ1n) is 7.27. The highest BCUT2D eigenvalue weighted by Crippen LogP contribution is 2.21. The van der Waals surface area contributed by atoms with Crippen molar-refractivity contribution in [3.63, 3.8) is 0 Å². The summed E-state index contributed by atoms with van der Waals surface area (Å²) < 4.78 is 0. The highest BCUT2D eigenvalue weighted by molar-refractivity contribution is 6.30. The lowest BCUT2D eigenvalue weighted by molar-refractivity contribution is -0.133. The van der Waals surface area contributed by atoms with Crippen molar-refractivity contribution in [3.05, 3.63) is 29.3 Å². The first-order chi connectivity index (χ1) is 9.74. The molecule has 0 aromatic heterocycles. The number of hydrogen-bond donors (Lipinski definition) is 1. The normalized spacial score (nSPS) is 22.0. The molecule has 0 saturated carbocycles. The molecule has 1 N–H and O–H groups in total. The van der Waals surface area contributed by atoms with Crippen LogP contribution < -0.4 is 10.2 Å². The van der Waals surface area contributed by atoms with E-state index >= 15 is 0 Å². The number of benzene rings is 1. The van der Waals surface area contributed by atoms with E-state index in [1.54, 1.807) is 0 Å². The third kappa shape index (κ3) is 3.82. The van der Waals surface area contributed by atoms with E-state index < -0.39 is 0 Å². The molecule has 1 atom stereocenters. The van der Waals surface area contributed by atoms with Gasteiger partial charge in [0, 0.05) is 36.9 Å². The van der Waals surface area contributed by atoms with Gasteiger partial charge in [-0.1, -0.05) is 17.7 Å². The number of piperazine rings is 1. The van der Waals surface area contributed by atoms with E-state index in [9.17, 15) is 4.79 Å². The van der Waals surface area contributed by atoms with Gasteiger partial charge in [0.25, 0.3) is 0 Å². The van der Waals surface area contributed by atoms with Crippen molar-refractivity contribution < 1.29 is 4.79 Å². The molecule has 0 radical (unpaired) electrons. The maximum atomic E-state index is 12.3. The van der Waals surface area contributed by atoms with Gasteiger partial charge in [-0.05, 0) is 37.6 Å². The molecule has 2 heterocycles. The molecule has 2 saturated heterocycles. The Bertz CT molecular complexity index is 484. The Labute approximate surface area is 136 Å². The molecule has 3 rings (SSSR count). The van der Waals surface area contributed by atoms with Crippen molar-refractivity contribution >= 4 is 35.6 Å². The summed E-state index contributed by atoms with van der Waals surface area (Å²) in [5.74, 6) is 0.272. The monoisotopic (exact) mass is 329 g/mol. The predicted octanol–water partition coefficient (Wildman–Crippen LogP) is 2.16. The van der Waals surface area contributed by atoms with Crippen molar-refractivity contribution in [2.24, 2.45) is 0 Å². The van der Waals surface area contributed by atoms with Crippen LogP contribution in [0.15, 0.2) is 24.3 Å². The summed E-state index contributed by atoms with van der Waals surface area (Å²) in [6.45, 7) is 4.31. The molecular formula is C15H21Cl2N3O. The second-order valence-corrected chi connectivity index (χ2v) is 5.88. The van der Waals surface area contributed by atoms with Crippen molar-refractivity contribution in [1.82, 2.24) is 10.2 Å². The Morgan fingerprint density at radius 1 is 1.24 bits per heavy atom. The summed E-state index contributed by atoms with van der Waals surface area (Å²) in [5, 5.41) is 4.04. The van der Waals surface area contributed by atoms with E-state index in [2.05, 4.69) is 16.3 Å². The number of hydrogen-bond acceptors (Lipinski definition) is 3. The second-order valence-electron chi connectivity index (χ2n) is 5.44. The van der Waals surface area contributed by atoms with Gasteiger partial charge in [0.1, 0.15) is 0 Å². The molecule has 2 aliphatic heterocycles. The number of carbonyl (C=O) groups excluding carboxylic acids is 1. The molecule has 0 unspecified atom stereocenters. The molecule has 1 aromatic carbocycles. The highest BCUT2D eigenvalue weighted by atomic mass is 35.5. The minimum Gasteiger partial charge on any atom is -0.368 e. The van der Waals surface area contributed by atoms with Crippen molar-refractivity contribution in [3.8, 4) is 0 Å². The fourth-order valence-corrected chi connectivity index (χ4v) is 3.16. The molecule has 4 nitrogen and oxygen atoms in total. The van der Waals surface area contributed by atoms with Crippen LogP contribution in [0.2, 0.25) is 5.02 Å². The Kier molecular flexibility index (Phi) is 5.73. The first-order valence-corrected chi connectivity index (χ1v) is 7.64. The Morgan fingerprint density at radius 2 is 2.00 bits per heavy atom. The van der Waals surface area contributed by atoms with Crippen molar-refractivity contribution in [1.29, 1.82) is 0 Å². The number of carbonyl (C=O) groups is 1. The maximum absolute atomic E-state index is 12.3. The molecular weight excluding hydrogens is 309 g/mol. The van der Waals surface area contributed by atoms with Crippen LogP contribution in [0, 0.1) is 0 Å². The lowest BCUT2D eigenvalue weighted by Crippen LogP contribution is -2.53. The van der Waals surface area contributed by atoms with Crippen LogP contribution in [0.25, 0.3) is 0 Å². The van der Waals surface area contributed by atoms with E-state index in [0.29, 0.717) is 0 Å². The lowest BCUT2D eigenvalue weighted by atomic mass is 10.1. The van der Waals surface area contributed by atoms with Gasteiger partial charge in [0.2, 0.25) is 5.91 Å². The van der Waals surface area contributed by atoms with Gasteiger partial charge in [-0.25, -0.2) is 0 Å². The quantitative estimate of drug-likeness (QED) is 0.903. The van der Waals surface area contributed by atoms with E-state index in [0.717, 1.165) is 56.3 Å². The standard InChI is InChI=1S/C15H20ClN3O.ClH/c16-12-3-1-4-13(11-12)18-7-9-19(10-8-18)15(20)14-5-2-6-17-14;/h1,3-4,11,14,17H,2,5-10H2;1H/t14-;/m0./s1. The molecule has 1 aromatic rings. The number of nitrogens with zero attached hydrogens (tertiary/aromatic N) is 2. The predicted molar refractivity (Wildman–Crippen MR) is 88.5 cm³/mol. The van der Waals surface area contributed by atoms with Crippen LogP contribution in [0.5, 0.6) is 0 Å². The van der Waals surface area contributed by atoms with E-state index in [4.69, 9.17) is 11.6 Å². The third-order valence-corrected chi connectivity index (χ3v) is 4.36. The number of amides is 1. The molecule has 116 valence electrons. The molecule has 21 heavy (non-hydrogen) atoms. The molecule has 6 heteroatoms. The largest absolute Gasteiger partial charge is 0.368 e. The van der Waals surface area contributed by atoms with Gasteiger partial charge in [-0.2, -0.15) is 0 Å². The number of anilines is 1. The van der Waals surface area contributed by atoms with Crippen LogP contribution in [0.4, 0.5) is 5.69 Å². The van der Waals surface area contributed by atoms with Crippen LogP contribution in [0.1, 0.15) is 12.8 Å². The molecule has 2 aliphatic rings. The zero-order valence-corrected chi connectivity index (χ0v) is 13.5. The third-order valence-electron chi connectivity index (χ3n) is 4.12. The first kappa shape index (κ1) is 16.4. The lowest BCUT2D eigenvalue weighted by Gasteiger charge is -2.37. The van der Waals surface area contributed by atoms with E-state index in [1.807, 2.05) is 23.1 Å². The van der Waals surface area contributed by atoms with Crippen LogP contribution >= 0.6 is 24.0 Å². The SMILES string of the molecule is Cl.O=C([C@@H]1CCCN1)N1CCN(c2cccc(Cl)c2)CC1. The minimum atomic E-state index is 0. The summed E-state index contributed by atoms with van der Waals surface area (Å²) in [7, 11) is 0. The Balaban J connectivity index is 0.00000161. The van der Waals surface area contributed by atoms with Crippen LogP contribution in [-0.4, -0.2) is 49.6 Å². The summed E-state index contributed by atoms with van der Waals surface area (Å²) in [6, 6.07) is 7.96. The van der Waals surface area contributed by atoms with Gasteiger partial charge in [0.05, 0.1) is 6.04 Å². The second kappa shape index (κ2) is 7.34. The fourth-order valence-electron chi connectivity index (χ4n) is 2.97. The average Bonchev–Trinajstić information content (AvgIpc) is 3.01. The number of nitrogens with one attached hydrogen (secondary N) is 1. The van der Waals surface area contributed by atoms with Crippen molar-refractivity contribution in [2.45, 2.75) is 18.9 Å². The Hall–Kier alpha value is -0.970. The van der Waals surface area contributed by atoms with E-state index in [1.165, 1.54) is 0 Å². The van der Waals surface area contributed by atoms with Crippen LogP contribution in [-0.2, 0) is 4.79 Å². The Morgan fingerprint density at radius 3 is 2.62 bits per heavy atom. The van der Waals surface area contributed by atoms with Gasteiger partial charge in [-0.3, -0.25) is 4.79 Å². The summed E-state index contributed by atoms with van der Waals surface area (Å²) in [4.78, 5) is 16.6. The zero-order valence-electron chi connectivity index (χ0n) is 11.9. The van der Waals surface area contributed by atoms with Gasteiger partial charge in [0.15, 0.2) is 0 Å². The molecule has 0 spiro atoms. The van der Waals surface area contributed by atoms with Crippen LogP contribution in [0.3, 0.4) is 0 Å². The molecule has 2 fully saturated rings. The minimum absolute atomic E-state index is 0. The molecule has 1 amide bonds. The molecule has 0 bridgehead atoms. The van der Waals surface area contributed by atoms with Gasteiger partial charge < -0.3 is 15.1 Å². The summed E-state index contributed by atoms with van der Waals surface area (Å²) in [6.07, 6.45) is 2.09. The topological polar surface area (TPSA) is 35.6 Å². The zero-order chi connectivity index (χ0) is 13.9. The number of halogens is 2. The maximum Gasteiger partial charge on any atom is 0.239 e. The molecule has 0 aliphatic carbocycles. The van der Waals surface area contributed by atoms with Gasteiger partial charge in [-0.15, -0.1) is 12.4 Å².